The van der Waals surface area contributed by atoms with Gasteiger partial charge in [0.25, 0.3) is 0 Å². The van der Waals surface area contributed by atoms with Crippen molar-refractivity contribution in [3.8, 4) is 0 Å². The van der Waals surface area contributed by atoms with E-state index in [9.17, 15) is 0 Å². The molecule has 0 amide bonds. The lowest BCUT2D eigenvalue weighted by Gasteiger charge is -2.02. The zero-order chi connectivity index (χ0) is 12.4. The molecule has 0 saturated carbocycles. The lowest BCUT2D eigenvalue weighted by molar-refractivity contribution is 0.779. The molecule has 1 aromatic carbocycles. The van der Waals surface area contributed by atoms with E-state index >= 15 is 0 Å². The van der Waals surface area contributed by atoms with Gasteiger partial charge >= 0.3 is 0 Å². The van der Waals surface area contributed by atoms with E-state index in [1.807, 2.05) is 12.1 Å². The topological polar surface area (TPSA) is 108 Å². The summed E-state index contributed by atoms with van der Waals surface area (Å²) >= 11 is 0. The minimum atomic E-state index is 0.300. The number of aliphatic imine (C=N–C) groups is 1. The van der Waals surface area contributed by atoms with Crippen molar-refractivity contribution in [1.29, 1.82) is 0 Å². The standard InChI is InChI=1S/C11H14N6/c1-17-11(14)7(6-15-17)10(13)16-9-5-3-2-4-8(9)12/h2-6H,12,14H2,1H3,(H2,13,16). The van der Waals surface area contributed by atoms with Gasteiger partial charge in [-0.1, -0.05) is 12.1 Å². The van der Waals surface area contributed by atoms with Crippen LogP contribution in [-0.2, 0) is 7.05 Å². The van der Waals surface area contributed by atoms with Gasteiger partial charge in [-0.2, -0.15) is 5.10 Å². The average Bonchev–Trinajstić information content (AvgIpc) is 2.63. The number of amidine groups is 1. The Hall–Kier alpha value is -2.50. The van der Waals surface area contributed by atoms with E-state index < -0.39 is 0 Å². The van der Waals surface area contributed by atoms with Gasteiger partial charge < -0.3 is 17.2 Å². The number of rotatable bonds is 2. The van der Waals surface area contributed by atoms with Crippen LogP contribution in [0.2, 0.25) is 0 Å². The summed E-state index contributed by atoms with van der Waals surface area (Å²) in [5.41, 5.74) is 19.2. The molecule has 0 unspecified atom stereocenters. The fourth-order valence-corrected chi connectivity index (χ4v) is 1.42. The molecule has 6 nitrogen and oxygen atoms in total. The fourth-order valence-electron chi connectivity index (χ4n) is 1.42. The summed E-state index contributed by atoms with van der Waals surface area (Å²) in [5, 5.41) is 4.00. The highest BCUT2D eigenvalue weighted by atomic mass is 15.3. The molecule has 1 heterocycles. The van der Waals surface area contributed by atoms with Crippen molar-refractivity contribution in [3.05, 3.63) is 36.0 Å². The zero-order valence-corrected chi connectivity index (χ0v) is 9.46. The Morgan fingerprint density at radius 3 is 2.59 bits per heavy atom. The summed E-state index contributed by atoms with van der Waals surface area (Å²) in [6, 6.07) is 7.23. The predicted molar refractivity (Wildman–Crippen MR) is 68.9 cm³/mol. The van der Waals surface area contributed by atoms with E-state index in [1.54, 1.807) is 25.4 Å². The second kappa shape index (κ2) is 4.17. The SMILES string of the molecule is Cn1ncc(C(N)=Nc2ccccc2N)c1N. The van der Waals surface area contributed by atoms with E-state index in [0.29, 0.717) is 28.6 Å². The van der Waals surface area contributed by atoms with Gasteiger partial charge in [0.1, 0.15) is 11.7 Å². The quantitative estimate of drug-likeness (QED) is 0.399. The van der Waals surface area contributed by atoms with Gasteiger partial charge in [-0.25, -0.2) is 4.99 Å². The molecule has 0 aliphatic rings. The smallest absolute Gasteiger partial charge is 0.136 e. The minimum absolute atomic E-state index is 0.300. The van der Waals surface area contributed by atoms with Gasteiger partial charge in [0.2, 0.25) is 0 Å². The first-order valence-electron chi connectivity index (χ1n) is 5.06. The number of nitrogen functional groups attached to an aromatic ring is 2. The van der Waals surface area contributed by atoms with Crippen LogP contribution in [0.3, 0.4) is 0 Å². The molecule has 0 fully saturated rings. The Balaban J connectivity index is 2.41. The summed E-state index contributed by atoms with van der Waals surface area (Å²) in [6.07, 6.45) is 1.58. The molecule has 0 bridgehead atoms. The van der Waals surface area contributed by atoms with Crippen LogP contribution in [0.1, 0.15) is 5.56 Å². The molecule has 0 spiro atoms. The maximum atomic E-state index is 5.87. The molecule has 2 aromatic rings. The van der Waals surface area contributed by atoms with E-state index in [2.05, 4.69) is 10.1 Å². The molecule has 0 aliphatic heterocycles. The van der Waals surface area contributed by atoms with Crippen LogP contribution in [-0.4, -0.2) is 15.6 Å². The van der Waals surface area contributed by atoms with Crippen molar-refractivity contribution in [2.75, 3.05) is 11.5 Å². The summed E-state index contributed by atoms with van der Waals surface area (Å²) < 4.78 is 1.53. The number of hydrogen-bond donors (Lipinski definition) is 3. The number of benzene rings is 1. The first kappa shape index (κ1) is 11.0. The first-order chi connectivity index (χ1) is 8.09. The number of para-hydroxylation sites is 2. The molecule has 6 heteroatoms. The summed E-state index contributed by atoms with van der Waals surface area (Å²) in [4.78, 5) is 4.24. The Morgan fingerprint density at radius 1 is 1.29 bits per heavy atom. The highest BCUT2D eigenvalue weighted by Gasteiger charge is 2.09. The van der Waals surface area contributed by atoms with Gasteiger partial charge in [0, 0.05) is 7.05 Å². The van der Waals surface area contributed by atoms with Crippen molar-refractivity contribution in [1.82, 2.24) is 9.78 Å². The number of aryl methyl sites for hydroxylation is 1. The van der Waals surface area contributed by atoms with Gasteiger partial charge in [-0.3, -0.25) is 4.68 Å². The minimum Gasteiger partial charge on any atom is -0.397 e. The van der Waals surface area contributed by atoms with Crippen LogP contribution in [0.4, 0.5) is 17.2 Å². The second-order valence-electron chi connectivity index (χ2n) is 3.62. The molecule has 0 radical (unpaired) electrons. The van der Waals surface area contributed by atoms with E-state index in [-0.39, 0.29) is 0 Å². The number of nitrogens with two attached hydrogens (primary N) is 3. The predicted octanol–water partition coefficient (Wildman–Crippen LogP) is 0.622. The largest absolute Gasteiger partial charge is 0.397 e. The molecule has 0 saturated heterocycles. The van der Waals surface area contributed by atoms with Gasteiger partial charge in [-0.15, -0.1) is 0 Å². The van der Waals surface area contributed by atoms with Crippen LogP contribution in [0.15, 0.2) is 35.5 Å². The Morgan fingerprint density at radius 2 is 2.00 bits per heavy atom. The summed E-state index contributed by atoms with van der Waals surface area (Å²) in [7, 11) is 1.74. The third-order valence-electron chi connectivity index (χ3n) is 2.44. The summed E-state index contributed by atoms with van der Waals surface area (Å²) in [5.74, 6) is 0.772. The number of hydrogen-bond acceptors (Lipinski definition) is 4. The molecular weight excluding hydrogens is 216 g/mol. The molecule has 2 rings (SSSR count). The number of aromatic nitrogens is 2. The van der Waals surface area contributed by atoms with Crippen molar-refractivity contribution < 1.29 is 0 Å². The monoisotopic (exact) mass is 230 g/mol. The van der Waals surface area contributed by atoms with Crippen LogP contribution in [0.25, 0.3) is 0 Å². The zero-order valence-electron chi connectivity index (χ0n) is 9.46. The van der Waals surface area contributed by atoms with Crippen LogP contribution in [0.5, 0.6) is 0 Å². The third-order valence-corrected chi connectivity index (χ3v) is 2.44. The Bertz CT molecular complexity index is 569. The third kappa shape index (κ3) is 2.05. The molecule has 0 atom stereocenters. The van der Waals surface area contributed by atoms with Gasteiger partial charge in [0.15, 0.2) is 0 Å². The number of anilines is 2. The van der Waals surface area contributed by atoms with Crippen LogP contribution in [0, 0.1) is 0 Å². The van der Waals surface area contributed by atoms with E-state index in [1.165, 1.54) is 4.68 Å². The number of nitrogens with zero attached hydrogens (tertiary/aromatic N) is 3. The first-order valence-corrected chi connectivity index (χ1v) is 5.06. The van der Waals surface area contributed by atoms with Crippen molar-refractivity contribution in [3.63, 3.8) is 0 Å². The van der Waals surface area contributed by atoms with Gasteiger partial charge in [0.05, 0.1) is 23.1 Å². The van der Waals surface area contributed by atoms with E-state index in [4.69, 9.17) is 17.2 Å². The Labute approximate surface area is 98.7 Å². The molecule has 17 heavy (non-hydrogen) atoms. The van der Waals surface area contributed by atoms with Crippen molar-refractivity contribution in [2.24, 2.45) is 17.8 Å². The van der Waals surface area contributed by atoms with Crippen LogP contribution >= 0.6 is 0 Å². The Kier molecular flexibility index (Phi) is 2.70. The average molecular weight is 230 g/mol. The maximum absolute atomic E-state index is 5.87. The lowest BCUT2D eigenvalue weighted by atomic mass is 10.2. The van der Waals surface area contributed by atoms with Gasteiger partial charge in [-0.05, 0) is 12.1 Å². The van der Waals surface area contributed by atoms with Crippen LogP contribution < -0.4 is 17.2 Å². The molecule has 88 valence electrons. The molecule has 1 aromatic heterocycles. The van der Waals surface area contributed by atoms with E-state index in [0.717, 1.165) is 0 Å². The summed E-state index contributed by atoms with van der Waals surface area (Å²) in [6.45, 7) is 0. The fraction of sp³-hybridized carbons (Fsp3) is 0.0909. The van der Waals surface area contributed by atoms with Crippen molar-refractivity contribution in [2.45, 2.75) is 0 Å². The van der Waals surface area contributed by atoms with Crippen molar-refractivity contribution >= 4 is 23.0 Å². The lowest BCUT2D eigenvalue weighted by Crippen LogP contribution is -2.14. The highest BCUT2D eigenvalue weighted by molar-refractivity contribution is 6.03. The second-order valence-corrected chi connectivity index (χ2v) is 3.62. The normalized spacial score (nSPS) is 11.7. The molecule has 6 N–H and O–H groups in total. The molecule has 0 aliphatic carbocycles. The highest BCUT2D eigenvalue weighted by Crippen LogP contribution is 2.21. The maximum Gasteiger partial charge on any atom is 0.136 e. The molecular formula is C11H14N6.